The topological polar surface area (TPSA) is 128 Å². The Morgan fingerprint density at radius 3 is 2.38 bits per heavy atom. The van der Waals surface area contributed by atoms with Crippen LogP contribution in [0.5, 0.6) is 0 Å². The van der Waals surface area contributed by atoms with Gasteiger partial charge in [0.25, 0.3) is 0 Å². The van der Waals surface area contributed by atoms with Crippen LogP contribution in [0.4, 0.5) is 0 Å². The predicted octanol–water partition coefficient (Wildman–Crippen LogP) is 3.66. The van der Waals surface area contributed by atoms with Gasteiger partial charge in [0.1, 0.15) is 5.92 Å². The quantitative estimate of drug-likeness (QED) is 0.314. The highest BCUT2D eigenvalue weighted by Crippen LogP contribution is 2.45. The molecule has 6 atom stereocenters. The van der Waals surface area contributed by atoms with Crippen molar-refractivity contribution in [1.82, 2.24) is 20.6 Å². The van der Waals surface area contributed by atoms with Crippen molar-refractivity contribution < 1.29 is 24.2 Å². The number of carbonyl (C=O) groups excluding carboxylic acids is 2. The standard InChI is InChI=1S/C36H46N4O5/c1-9-20-16(3)23-13-25-18(5)22(11-12-29(41)44-7)33(39-25)31-32(36(43)45-8)35(42)30-19(6)26(40-34(30)31)15-28-21(10-2)17(4)24(38-28)14-27(20)37-23/h13-15,18,20,22,32-33,35,37-40,42H,9-12H2,1-8H3/b25-13-,26-15-,27-14-/t18-,20+,22-,32+,33?,35+/m0/s1. The van der Waals surface area contributed by atoms with Crippen LogP contribution in [-0.4, -0.2) is 47.3 Å². The Morgan fingerprint density at radius 1 is 0.956 bits per heavy atom. The molecule has 5 N–H and O–H groups in total. The summed E-state index contributed by atoms with van der Waals surface area (Å²) in [7, 11) is 2.77. The van der Waals surface area contributed by atoms with Gasteiger partial charge in [0.15, 0.2) is 0 Å². The van der Waals surface area contributed by atoms with E-state index >= 15 is 0 Å². The first-order valence-corrected chi connectivity index (χ1v) is 16.2. The summed E-state index contributed by atoms with van der Waals surface area (Å²) in [6.07, 6.45) is 8.17. The van der Waals surface area contributed by atoms with Crippen LogP contribution < -0.4 is 21.3 Å². The van der Waals surface area contributed by atoms with Crippen LogP contribution in [0.2, 0.25) is 0 Å². The molecule has 0 radical (unpaired) electrons. The molecular formula is C36H46N4O5. The lowest BCUT2D eigenvalue weighted by molar-refractivity contribution is -0.146. The minimum absolute atomic E-state index is 0.0402. The van der Waals surface area contributed by atoms with E-state index in [2.05, 4.69) is 73.4 Å². The maximum absolute atomic E-state index is 13.4. The van der Waals surface area contributed by atoms with Gasteiger partial charge in [-0.25, -0.2) is 0 Å². The second kappa shape index (κ2) is 11.7. The summed E-state index contributed by atoms with van der Waals surface area (Å²) in [6, 6.07) is -0.320. The number of hydrogen-bond acceptors (Lipinski definition) is 7. The number of rotatable bonds is 6. The number of aliphatic hydroxyl groups is 1. The van der Waals surface area contributed by atoms with Crippen molar-refractivity contribution in [2.45, 2.75) is 79.4 Å². The van der Waals surface area contributed by atoms with Gasteiger partial charge in [-0.05, 0) is 92.0 Å². The van der Waals surface area contributed by atoms with Crippen molar-refractivity contribution in [3.05, 3.63) is 73.1 Å². The summed E-state index contributed by atoms with van der Waals surface area (Å²) in [6.45, 7) is 12.9. The highest BCUT2D eigenvalue weighted by Gasteiger charge is 2.49. The summed E-state index contributed by atoms with van der Waals surface area (Å²) in [5, 5.41) is 21.0. The fraction of sp³-hybridized carbons (Fsp3) is 0.500. The number of methoxy groups -OCH3 is 2. The normalized spacial score (nSPS) is 29.7. The predicted molar refractivity (Wildman–Crippen MR) is 174 cm³/mol. The Hall–Kier alpha value is -3.98. The van der Waals surface area contributed by atoms with E-state index in [1.807, 2.05) is 6.92 Å². The molecule has 0 saturated carbocycles. The highest BCUT2D eigenvalue weighted by atomic mass is 16.5. The zero-order valence-corrected chi connectivity index (χ0v) is 27.6. The van der Waals surface area contributed by atoms with Gasteiger partial charge >= 0.3 is 11.9 Å². The molecule has 9 heteroatoms. The van der Waals surface area contributed by atoms with Gasteiger partial charge in [-0.3, -0.25) is 9.59 Å². The Kier molecular flexibility index (Phi) is 8.10. The zero-order valence-electron chi connectivity index (χ0n) is 27.6. The second-order valence-electron chi connectivity index (χ2n) is 13.0. The van der Waals surface area contributed by atoms with Crippen LogP contribution in [0, 0.1) is 37.5 Å². The number of carbonyl (C=O) groups is 2. The molecule has 8 bridgehead atoms. The molecule has 0 aromatic carbocycles. The van der Waals surface area contributed by atoms with Gasteiger partial charge in [0.05, 0.1) is 26.4 Å². The van der Waals surface area contributed by atoms with Crippen molar-refractivity contribution in [3.8, 4) is 0 Å². The van der Waals surface area contributed by atoms with Crippen molar-refractivity contribution in [1.29, 1.82) is 0 Å². The van der Waals surface area contributed by atoms with Crippen molar-refractivity contribution in [3.63, 3.8) is 0 Å². The molecule has 2 aromatic rings. The first-order valence-electron chi connectivity index (χ1n) is 16.2. The lowest BCUT2D eigenvalue weighted by atomic mass is 9.80. The Morgan fingerprint density at radius 2 is 1.71 bits per heavy atom. The SMILES string of the molecule is CCc1c2[nH]c(c1C)/C=C1\NC(=C(C)[C@H]1CC)/C=C1\NC(C3=c4[nH]/c(c(C)c4[C@@H](O)[C@@H]3C(=O)OC)=C\2)[C@@H](CCC(=O)OC)[C@@H]1C. The maximum Gasteiger partial charge on any atom is 0.315 e. The molecule has 4 aliphatic rings. The maximum atomic E-state index is 13.4. The summed E-state index contributed by atoms with van der Waals surface area (Å²) in [5.41, 5.74) is 11.5. The molecule has 240 valence electrons. The van der Waals surface area contributed by atoms with Crippen molar-refractivity contribution in [2.24, 2.45) is 23.7 Å². The van der Waals surface area contributed by atoms with Crippen LogP contribution in [0.3, 0.4) is 0 Å². The molecule has 5 heterocycles. The van der Waals surface area contributed by atoms with Gasteiger partial charge in [-0.2, -0.15) is 0 Å². The number of aliphatic hydroxyl groups excluding tert-OH is 1. The molecule has 9 nitrogen and oxygen atoms in total. The fourth-order valence-electron chi connectivity index (χ4n) is 8.25. The van der Waals surface area contributed by atoms with E-state index in [-0.39, 0.29) is 36.2 Å². The first kappa shape index (κ1) is 31.0. The van der Waals surface area contributed by atoms with Gasteiger partial charge in [-0.1, -0.05) is 20.8 Å². The minimum atomic E-state index is -1.06. The molecule has 45 heavy (non-hydrogen) atoms. The number of aromatic nitrogens is 2. The van der Waals surface area contributed by atoms with E-state index in [0.29, 0.717) is 6.42 Å². The summed E-state index contributed by atoms with van der Waals surface area (Å²) in [5.74, 6) is -1.36. The lowest BCUT2D eigenvalue weighted by Gasteiger charge is -2.27. The Bertz CT molecular complexity index is 1790. The van der Waals surface area contributed by atoms with Crippen LogP contribution in [0.15, 0.2) is 28.7 Å². The number of aromatic amines is 2. The van der Waals surface area contributed by atoms with E-state index in [1.54, 1.807) is 0 Å². The van der Waals surface area contributed by atoms with E-state index in [1.165, 1.54) is 36.6 Å². The van der Waals surface area contributed by atoms with Gasteiger partial charge in [-0.15, -0.1) is 0 Å². The number of nitrogens with one attached hydrogen (secondary N) is 4. The van der Waals surface area contributed by atoms with Gasteiger partial charge < -0.3 is 35.2 Å². The number of ether oxygens (including phenoxy) is 2. The average molecular weight is 615 g/mol. The fourth-order valence-corrected chi connectivity index (χ4v) is 8.25. The van der Waals surface area contributed by atoms with E-state index in [4.69, 9.17) is 9.47 Å². The molecule has 6 rings (SSSR count). The molecule has 3 aliphatic heterocycles. The molecule has 0 spiro atoms. The zero-order chi connectivity index (χ0) is 32.3. The Labute approximate surface area is 264 Å². The summed E-state index contributed by atoms with van der Waals surface area (Å²) in [4.78, 5) is 33.1. The monoisotopic (exact) mass is 614 g/mol. The third-order valence-electron chi connectivity index (χ3n) is 10.9. The number of hydrogen-bond donors (Lipinski definition) is 5. The molecule has 2 aromatic heterocycles. The van der Waals surface area contributed by atoms with Crippen LogP contribution in [0.25, 0.3) is 17.7 Å². The smallest absolute Gasteiger partial charge is 0.315 e. The van der Waals surface area contributed by atoms with Crippen LogP contribution in [-0.2, 0) is 25.5 Å². The van der Waals surface area contributed by atoms with Gasteiger partial charge in [0, 0.05) is 63.0 Å². The van der Waals surface area contributed by atoms with E-state index in [0.717, 1.165) is 63.0 Å². The second-order valence-corrected chi connectivity index (χ2v) is 13.0. The average Bonchev–Trinajstić information content (AvgIpc) is 3.76. The molecule has 0 amide bonds. The Balaban J connectivity index is 1.66. The molecule has 1 aliphatic carbocycles. The minimum Gasteiger partial charge on any atom is -0.469 e. The number of fused-ring (bicyclic) bond motifs is 8. The molecule has 1 saturated heterocycles. The molecule has 1 unspecified atom stereocenters. The largest absolute Gasteiger partial charge is 0.469 e. The summed E-state index contributed by atoms with van der Waals surface area (Å²) < 4.78 is 10.3. The van der Waals surface area contributed by atoms with Gasteiger partial charge in [0.2, 0.25) is 0 Å². The molecular weight excluding hydrogens is 568 g/mol. The third kappa shape index (κ3) is 4.87. The number of allylic oxidation sites excluding steroid dienone is 3. The molecule has 1 fully saturated rings. The number of H-pyrrole nitrogens is 2. The number of esters is 2. The van der Waals surface area contributed by atoms with Crippen LogP contribution in [0.1, 0.15) is 86.7 Å². The van der Waals surface area contributed by atoms with Crippen molar-refractivity contribution in [2.75, 3.05) is 14.2 Å². The van der Waals surface area contributed by atoms with E-state index < -0.39 is 18.0 Å². The van der Waals surface area contributed by atoms with Crippen molar-refractivity contribution >= 4 is 29.7 Å². The first-order chi connectivity index (χ1) is 21.5. The lowest BCUT2D eigenvalue weighted by Crippen LogP contribution is -2.37. The third-order valence-corrected chi connectivity index (χ3v) is 10.9. The summed E-state index contributed by atoms with van der Waals surface area (Å²) >= 11 is 0. The highest BCUT2D eigenvalue weighted by molar-refractivity contribution is 5.88. The van der Waals surface area contributed by atoms with E-state index in [9.17, 15) is 14.7 Å². The van der Waals surface area contributed by atoms with Crippen LogP contribution >= 0.6 is 0 Å².